The Morgan fingerprint density at radius 1 is 1.29 bits per heavy atom. The highest BCUT2D eigenvalue weighted by Crippen LogP contribution is 2.29. The fourth-order valence-corrected chi connectivity index (χ4v) is 2.31. The average Bonchev–Trinajstić information content (AvgIpc) is 2.47. The van der Waals surface area contributed by atoms with Crippen LogP contribution < -0.4 is 4.74 Å². The molecular weight excluding hydrogens is 297 g/mol. The molecule has 0 aliphatic heterocycles. The van der Waals surface area contributed by atoms with Crippen LogP contribution in [0.25, 0.3) is 0 Å². The van der Waals surface area contributed by atoms with E-state index < -0.39 is 16.1 Å². The highest BCUT2D eigenvalue weighted by molar-refractivity contribution is 6.20. The number of hydrogen-bond acceptors (Lipinski definition) is 3. The number of nitro groups is 1. The highest BCUT2D eigenvalue weighted by Gasteiger charge is 2.15. The lowest BCUT2D eigenvalue weighted by atomic mass is 10.0. The average molecular weight is 310 g/mol. The van der Waals surface area contributed by atoms with Gasteiger partial charge in [-0.1, -0.05) is 18.2 Å². The standard InChI is InChI=1S/C15H13ClFNO3/c1-21-12-6-7-13(15(17)9-12)14(16)8-10-2-4-11(5-3-10)18(19)20/h2-7,9,14H,8H2,1H3. The fraction of sp³-hybridized carbons (Fsp3) is 0.200. The van der Waals surface area contributed by atoms with E-state index in [1.165, 1.54) is 25.3 Å². The Labute approximate surface area is 126 Å². The molecule has 0 saturated carbocycles. The third kappa shape index (κ3) is 3.70. The summed E-state index contributed by atoms with van der Waals surface area (Å²) in [6.07, 6.45) is 0.378. The van der Waals surface area contributed by atoms with Gasteiger partial charge in [-0.2, -0.15) is 0 Å². The van der Waals surface area contributed by atoms with Crippen molar-refractivity contribution in [1.82, 2.24) is 0 Å². The first kappa shape index (κ1) is 15.3. The van der Waals surface area contributed by atoms with Crippen LogP contribution in [0.1, 0.15) is 16.5 Å². The van der Waals surface area contributed by atoms with Crippen LogP contribution in [-0.4, -0.2) is 12.0 Å². The molecule has 2 rings (SSSR count). The molecule has 0 saturated heterocycles. The van der Waals surface area contributed by atoms with Crippen LogP contribution >= 0.6 is 11.6 Å². The predicted molar refractivity (Wildman–Crippen MR) is 78.3 cm³/mol. The normalized spacial score (nSPS) is 12.0. The Morgan fingerprint density at radius 3 is 2.48 bits per heavy atom. The Kier molecular flexibility index (Phi) is 4.75. The number of non-ortho nitro benzene ring substituents is 1. The molecule has 6 heteroatoms. The molecule has 0 aromatic heterocycles. The number of halogens is 2. The molecule has 0 fully saturated rings. The summed E-state index contributed by atoms with van der Waals surface area (Å²) < 4.78 is 18.8. The molecule has 0 bridgehead atoms. The second-order valence-corrected chi connectivity index (χ2v) is 5.01. The first-order valence-corrected chi connectivity index (χ1v) is 6.65. The van der Waals surface area contributed by atoms with Gasteiger partial charge in [0.15, 0.2) is 0 Å². The molecule has 0 amide bonds. The number of nitrogens with zero attached hydrogens (tertiary/aromatic N) is 1. The summed E-state index contributed by atoms with van der Waals surface area (Å²) >= 11 is 6.23. The van der Waals surface area contributed by atoms with E-state index in [-0.39, 0.29) is 5.69 Å². The van der Waals surface area contributed by atoms with Gasteiger partial charge in [0.05, 0.1) is 17.4 Å². The van der Waals surface area contributed by atoms with Crippen molar-refractivity contribution >= 4 is 17.3 Å². The number of methoxy groups -OCH3 is 1. The van der Waals surface area contributed by atoms with Crippen molar-refractivity contribution in [3.05, 3.63) is 69.5 Å². The number of ether oxygens (including phenoxy) is 1. The van der Waals surface area contributed by atoms with Crippen LogP contribution in [0.3, 0.4) is 0 Å². The van der Waals surface area contributed by atoms with Gasteiger partial charge in [0.25, 0.3) is 5.69 Å². The van der Waals surface area contributed by atoms with Crippen LogP contribution in [0.5, 0.6) is 5.75 Å². The number of benzene rings is 2. The number of rotatable bonds is 5. The predicted octanol–water partition coefficient (Wildman–Crippen LogP) is 4.27. The van der Waals surface area contributed by atoms with Gasteiger partial charge >= 0.3 is 0 Å². The molecule has 2 aromatic rings. The van der Waals surface area contributed by atoms with Crippen molar-refractivity contribution in [3.63, 3.8) is 0 Å². The Hall–Kier alpha value is -2.14. The minimum absolute atomic E-state index is 0.0144. The van der Waals surface area contributed by atoms with Crippen molar-refractivity contribution in [1.29, 1.82) is 0 Å². The third-order valence-corrected chi connectivity index (χ3v) is 3.50. The van der Waals surface area contributed by atoms with E-state index in [1.54, 1.807) is 24.3 Å². The second kappa shape index (κ2) is 6.54. The number of alkyl halides is 1. The van der Waals surface area contributed by atoms with Crippen LogP contribution in [0.15, 0.2) is 42.5 Å². The summed E-state index contributed by atoms with van der Waals surface area (Å²) in [5.74, 6) is -0.00767. The summed E-state index contributed by atoms with van der Waals surface area (Å²) in [6, 6.07) is 10.6. The van der Waals surface area contributed by atoms with E-state index >= 15 is 0 Å². The van der Waals surface area contributed by atoms with Gasteiger partial charge < -0.3 is 4.74 Å². The SMILES string of the molecule is COc1ccc(C(Cl)Cc2ccc([N+](=O)[O-])cc2)c(F)c1. The summed E-state index contributed by atoms with van der Waals surface area (Å²) in [6.45, 7) is 0. The molecule has 0 spiro atoms. The maximum atomic E-state index is 13.9. The zero-order chi connectivity index (χ0) is 15.4. The first-order valence-electron chi connectivity index (χ1n) is 6.22. The molecular formula is C15H13ClFNO3. The van der Waals surface area contributed by atoms with Crippen LogP contribution in [0.2, 0.25) is 0 Å². The van der Waals surface area contributed by atoms with Crippen molar-refractivity contribution in [3.8, 4) is 5.75 Å². The summed E-state index contributed by atoms with van der Waals surface area (Å²) in [7, 11) is 1.46. The highest BCUT2D eigenvalue weighted by atomic mass is 35.5. The molecule has 2 aromatic carbocycles. The summed E-state index contributed by atoms with van der Waals surface area (Å²) in [5.41, 5.74) is 1.19. The molecule has 0 aliphatic rings. The van der Waals surface area contributed by atoms with Crippen LogP contribution in [0.4, 0.5) is 10.1 Å². The van der Waals surface area contributed by atoms with Gasteiger partial charge in [-0.25, -0.2) is 4.39 Å². The van der Waals surface area contributed by atoms with E-state index in [4.69, 9.17) is 16.3 Å². The second-order valence-electron chi connectivity index (χ2n) is 4.48. The molecule has 0 radical (unpaired) electrons. The molecule has 4 nitrogen and oxygen atoms in total. The molecule has 0 N–H and O–H groups in total. The van der Waals surface area contributed by atoms with Crippen molar-refractivity contribution in [2.45, 2.75) is 11.8 Å². The third-order valence-electron chi connectivity index (χ3n) is 3.11. The van der Waals surface area contributed by atoms with Crippen molar-refractivity contribution in [2.75, 3.05) is 7.11 Å². The molecule has 21 heavy (non-hydrogen) atoms. The molecule has 110 valence electrons. The first-order chi connectivity index (χ1) is 10.0. The summed E-state index contributed by atoms with van der Waals surface area (Å²) in [5, 5.41) is 10.0. The molecule has 1 atom stereocenters. The molecule has 0 heterocycles. The van der Waals surface area contributed by atoms with Crippen molar-refractivity contribution in [2.24, 2.45) is 0 Å². The Bertz CT molecular complexity index is 646. The van der Waals surface area contributed by atoms with Gasteiger partial charge in [0.2, 0.25) is 0 Å². The lowest BCUT2D eigenvalue weighted by Gasteiger charge is -2.12. The minimum Gasteiger partial charge on any atom is -0.497 e. The van der Waals surface area contributed by atoms with Gasteiger partial charge in [-0.15, -0.1) is 11.6 Å². The number of hydrogen-bond donors (Lipinski definition) is 0. The van der Waals surface area contributed by atoms with Gasteiger partial charge in [0.1, 0.15) is 11.6 Å². The lowest BCUT2D eigenvalue weighted by Crippen LogP contribution is -2.00. The van der Waals surface area contributed by atoms with E-state index in [0.717, 1.165) is 5.56 Å². The van der Waals surface area contributed by atoms with Crippen molar-refractivity contribution < 1.29 is 14.1 Å². The monoisotopic (exact) mass is 309 g/mol. The largest absolute Gasteiger partial charge is 0.497 e. The summed E-state index contributed by atoms with van der Waals surface area (Å²) in [4.78, 5) is 10.1. The fourth-order valence-electron chi connectivity index (χ4n) is 1.96. The van der Waals surface area contributed by atoms with E-state index in [0.29, 0.717) is 17.7 Å². The Balaban J connectivity index is 2.13. The van der Waals surface area contributed by atoms with Gasteiger partial charge in [-0.05, 0) is 18.1 Å². The zero-order valence-electron chi connectivity index (χ0n) is 11.3. The zero-order valence-corrected chi connectivity index (χ0v) is 12.0. The Morgan fingerprint density at radius 2 is 1.95 bits per heavy atom. The van der Waals surface area contributed by atoms with Gasteiger partial charge in [-0.3, -0.25) is 10.1 Å². The van der Waals surface area contributed by atoms with E-state index in [2.05, 4.69) is 0 Å². The quantitative estimate of drug-likeness (QED) is 0.471. The maximum absolute atomic E-state index is 13.9. The minimum atomic E-state index is -0.558. The topological polar surface area (TPSA) is 52.4 Å². The smallest absolute Gasteiger partial charge is 0.269 e. The number of nitro benzene ring substituents is 1. The van der Waals surface area contributed by atoms with E-state index in [1.807, 2.05) is 0 Å². The molecule has 1 unspecified atom stereocenters. The maximum Gasteiger partial charge on any atom is 0.269 e. The van der Waals surface area contributed by atoms with Gasteiger partial charge in [0, 0.05) is 23.8 Å². The lowest BCUT2D eigenvalue weighted by molar-refractivity contribution is -0.384. The van der Waals surface area contributed by atoms with E-state index in [9.17, 15) is 14.5 Å². The van der Waals surface area contributed by atoms with Crippen LogP contribution in [-0.2, 0) is 6.42 Å². The van der Waals surface area contributed by atoms with Crippen LogP contribution in [0, 0.1) is 15.9 Å². The molecule has 0 aliphatic carbocycles.